The summed E-state index contributed by atoms with van der Waals surface area (Å²) in [5, 5.41) is 20.6. The molecule has 3 saturated carbocycles. The van der Waals surface area contributed by atoms with Gasteiger partial charge in [-0.05, 0) is 42.9 Å². The highest BCUT2D eigenvalue weighted by Crippen LogP contribution is 2.67. The number of esters is 1. The fraction of sp³-hybridized carbons (Fsp3) is 0.826. The normalized spacial score (nSPS) is 47.9. The molecular formula is C23H38O5. The van der Waals surface area contributed by atoms with Gasteiger partial charge in [0.15, 0.2) is 0 Å². The molecule has 0 spiro atoms. The van der Waals surface area contributed by atoms with Crippen LogP contribution in [0.15, 0.2) is 12.7 Å². The lowest BCUT2D eigenvalue weighted by atomic mass is 9.44. The average Bonchev–Trinajstić information content (AvgIpc) is 3.00. The number of hydrogen-bond donors (Lipinski definition) is 2. The standard InChI is InChI=1S/C22H34O5.CH4/c1-6-20(4)11-16(27-17(25)12-23)21(5)13(2)7-9-22(14(3)19(20)26)10-8-15(24)18(21)22;/h6,13-14,16,18-19,23,26H,1,7-12H2,2-5H3;1H4/t13-,14+,16-,18+,19+,20-,21+,22+;/m1./s1. The molecule has 28 heavy (non-hydrogen) atoms. The quantitative estimate of drug-likeness (QED) is 0.565. The zero-order chi connectivity index (χ0) is 20.2. The summed E-state index contributed by atoms with van der Waals surface area (Å²) in [5.41, 5.74) is -1.43. The van der Waals surface area contributed by atoms with E-state index in [9.17, 15) is 19.8 Å². The Kier molecular flexibility index (Phi) is 6.24. The third-order valence-corrected chi connectivity index (χ3v) is 8.70. The minimum atomic E-state index is -0.686. The Hall–Kier alpha value is -1.20. The highest BCUT2D eigenvalue weighted by Gasteiger charge is 2.68. The molecule has 0 aromatic heterocycles. The molecule has 2 N–H and O–H groups in total. The average molecular weight is 395 g/mol. The first-order valence-electron chi connectivity index (χ1n) is 10.2. The highest BCUT2D eigenvalue weighted by atomic mass is 16.6. The van der Waals surface area contributed by atoms with Crippen molar-refractivity contribution in [1.82, 2.24) is 0 Å². The Labute approximate surface area is 169 Å². The molecule has 0 heterocycles. The largest absolute Gasteiger partial charge is 0.460 e. The number of carbonyl (C=O) groups excluding carboxylic acids is 2. The van der Waals surface area contributed by atoms with Crippen LogP contribution in [0, 0.1) is 34.0 Å². The third kappa shape index (κ3) is 2.97. The molecule has 0 amide bonds. The Bertz CT molecular complexity index is 645. The molecule has 0 aromatic rings. The van der Waals surface area contributed by atoms with Crippen LogP contribution >= 0.6 is 0 Å². The summed E-state index contributed by atoms with van der Waals surface area (Å²) in [4.78, 5) is 25.2. The molecule has 0 radical (unpaired) electrons. The van der Waals surface area contributed by atoms with Crippen LogP contribution in [0.5, 0.6) is 0 Å². The molecule has 3 rings (SSSR count). The van der Waals surface area contributed by atoms with Gasteiger partial charge in [0.05, 0.1) is 6.10 Å². The zero-order valence-corrected chi connectivity index (χ0v) is 17.0. The van der Waals surface area contributed by atoms with E-state index in [-0.39, 0.29) is 36.4 Å². The van der Waals surface area contributed by atoms with Crippen LogP contribution in [0.25, 0.3) is 0 Å². The molecule has 0 saturated heterocycles. The van der Waals surface area contributed by atoms with E-state index in [0.717, 1.165) is 19.3 Å². The molecule has 0 aliphatic heterocycles. The molecular weight excluding hydrogens is 356 g/mol. The van der Waals surface area contributed by atoms with Gasteiger partial charge in [0.1, 0.15) is 18.5 Å². The molecule has 3 aliphatic rings. The first-order chi connectivity index (χ1) is 12.6. The Morgan fingerprint density at radius 1 is 1.32 bits per heavy atom. The van der Waals surface area contributed by atoms with Crippen molar-refractivity contribution >= 4 is 11.8 Å². The number of rotatable bonds is 3. The second-order valence-corrected chi connectivity index (χ2v) is 9.72. The zero-order valence-electron chi connectivity index (χ0n) is 17.0. The van der Waals surface area contributed by atoms with Gasteiger partial charge < -0.3 is 14.9 Å². The van der Waals surface area contributed by atoms with Crippen LogP contribution in [0.4, 0.5) is 0 Å². The summed E-state index contributed by atoms with van der Waals surface area (Å²) in [7, 11) is 0. The van der Waals surface area contributed by atoms with Gasteiger partial charge in [0.2, 0.25) is 0 Å². The number of aliphatic hydroxyl groups is 2. The van der Waals surface area contributed by atoms with Crippen molar-refractivity contribution in [3.05, 3.63) is 12.7 Å². The van der Waals surface area contributed by atoms with Gasteiger partial charge in [-0.25, -0.2) is 4.79 Å². The van der Waals surface area contributed by atoms with E-state index in [4.69, 9.17) is 4.74 Å². The van der Waals surface area contributed by atoms with Gasteiger partial charge in [0, 0.05) is 23.2 Å². The maximum atomic E-state index is 13.1. The predicted octanol–water partition coefficient (Wildman–Crippen LogP) is 3.52. The van der Waals surface area contributed by atoms with Crippen molar-refractivity contribution in [2.24, 2.45) is 34.0 Å². The molecule has 0 unspecified atom stereocenters. The van der Waals surface area contributed by atoms with Crippen molar-refractivity contribution in [2.75, 3.05) is 6.61 Å². The molecule has 0 aromatic carbocycles. The summed E-state index contributed by atoms with van der Waals surface area (Å²) in [6.45, 7) is 11.5. The van der Waals surface area contributed by atoms with Crippen molar-refractivity contribution in [3.8, 4) is 0 Å². The number of Topliss-reactive ketones (excluding diaryl/α,β-unsaturated/α-hetero) is 1. The first-order valence-corrected chi connectivity index (χ1v) is 10.2. The molecule has 5 heteroatoms. The van der Waals surface area contributed by atoms with Gasteiger partial charge >= 0.3 is 5.97 Å². The van der Waals surface area contributed by atoms with Gasteiger partial charge in [0.25, 0.3) is 0 Å². The summed E-state index contributed by atoms with van der Waals surface area (Å²) < 4.78 is 5.77. The smallest absolute Gasteiger partial charge is 0.332 e. The van der Waals surface area contributed by atoms with Crippen LogP contribution in [-0.4, -0.2) is 40.8 Å². The van der Waals surface area contributed by atoms with Crippen molar-refractivity contribution < 1.29 is 24.5 Å². The number of carbonyl (C=O) groups is 2. The number of ketones is 1. The molecule has 8 atom stereocenters. The van der Waals surface area contributed by atoms with E-state index in [2.05, 4.69) is 27.4 Å². The number of aliphatic hydroxyl groups excluding tert-OH is 2. The summed E-state index contributed by atoms with van der Waals surface area (Å²) in [6, 6.07) is 0. The van der Waals surface area contributed by atoms with Crippen molar-refractivity contribution in [2.45, 2.75) is 79.4 Å². The Balaban J connectivity index is 0.00000280. The van der Waals surface area contributed by atoms with Crippen LogP contribution in [0.3, 0.4) is 0 Å². The van der Waals surface area contributed by atoms with E-state index in [1.54, 1.807) is 6.08 Å². The lowest BCUT2D eigenvalue weighted by Crippen LogP contribution is -2.63. The SMILES string of the molecule is C.C=C[C@]1(C)C[C@@H](OC(=O)CO)[C@]2(C)[C@H](C)CC[C@]3(CCC(=O)[C@H]32)[C@@H](C)[C@@H]1O. The Morgan fingerprint density at radius 2 is 1.96 bits per heavy atom. The summed E-state index contributed by atoms with van der Waals surface area (Å²) in [6.07, 6.45) is 4.10. The highest BCUT2D eigenvalue weighted by molar-refractivity contribution is 5.85. The fourth-order valence-corrected chi connectivity index (χ4v) is 6.70. The van der Waals surface area contributed by atoms with Gasteiger partial charge in [-0.15, -0.1) is 6.58 Å². The third-order valence-electron chi connectivity index (χ3n) is 8.70. The van der Waals surface area contributed by atoms with E-state index in [0.29, 0.717) is 12.8 Å². The lowest BCUT2D eigenvalue weighted by Gasteiger charge is -2.61. The summed E-state index contributed by atoms with van der Waals surface area (Å²) >= 11 is 0. The second-order valence-electron chi connectivity index (χ2n) is 9.72. The van der Waals surface area contributed by atoms with Crippen LogP contribution in [-0.2, 0) is 14.3 Å². The second kappa shape index (κ2) is 7.56. The fourth-order valence-electron chi connectivity index (χ4n) is 6.70. The predicted molar refractivity (Wildman–Crippen MR) is 108 cm³/mol. The van der Waals surface area contributed by atoms with Gasteiger partial charge in [-0.2, -0.15) is 0 Å². The molecule has 160 valence electrons. The maximum Gasteiger partial charge on any atom is 0.332 e. The van der Waals surface area contributed by atoms with E-state index in [1.807, 2.05) is 6.92 Å². The van der Waals surface area contributed by atoms with E-state index < -0.39 is 35.6 Å². The van der Waals surface area contributed by atoms with Gasteiger partial charge in [-0.1, -0.05) is 41.2 Å². The maximum absolute atomic E-state index is 13.1. The van der Waals surface area contributed by atoms with E-state index >= 15 is 0 Å². The van der Waals surface area contributed by atoms with Crippen LogP contribution in [0.1, 0.15) is 67.2 Å². The van der Waals surface area contributed by atoms with Gasteiger partial charge in [-0.3, -0.25) is 4.79 Å². The van der Waals surface area contributed by atoms with Crippen LogP contribution < -0.4 is 0 Å². The molecule has 2 bridgehead atoms. The number of ether oxygens (including phenoxy) is 1. The molecule has 5 nitrogen and oxygen atoms in total. The molecule has 3 fully saturated rings. The summed E-state index contributed by atoms with van der Waals surface area (Å²) in [5.74, 6) is -0.520. The number of hydrogen-bond acceptors (Lipinski definition) is 5. The monoisotopic (exact) mass is 394 g/mol. The van der Waals surface area contributed by atoms with Crippen molar-refractivity contribution in [3.63, 3.8) is 0 Å². The van der Waals surface area contributed by atoms with Crippen LogP contribution in [0.2, 0.25) is 0 Å². The van der Waals surface area contributed by atoms with E-state index in [1.165, 1.54) is 0 Å². The lowest BCUT2D eigenvalue weighted by molar-refractivity contribution is -0.207. The minimum Gasteiger partial charge on any atom is -0.460 e. The van der Waals surface area contributed by atoms with Crippen molar-refractivity contribution in [1.29, 1.82) is 0 Å². The topological polar surface area (TPSA) is 83.8 Å². The first kappa shape index (κ1) is 23.1. The minimum absolute atomic E-state index is 0. The molecule has 3 aliphatic carbocycles. The Morgan fingerprint density at radius 3 is 2.54 bits per heavy atom.